The van der Waals surface area contributed by atoms with Crippen LogP contribution in [0, 0.1) is 12.7 Å². The molecule has 3 aromatic carbocycles. The van der Waals surface area contributed by atoms with Crippen molar-refractivity contribution in [2.75, 3.05) is 5.32 Å². The van der Waals surface area contributed by atoms with Gasteiger partial charge in [-0.25, -0.2) is 9.07 Å². The van der Waals surface area contributed by atoms with E-state index in [1.165, 1.54) is 17.7 Å². The highest BCUT2D eigenvalue weighted by Gasteiger charge is 2.40. The molecule has 0 unspecified atom stereocenters. The van der Waals surface area contributed by atoms with Crippen molar-refractivity contribution in [3.63, 3.8) is 0 Å². The van der Waals surface area contributed by atoms with E-state index in [4.69, 9.17) is 4.74 Å². The van der Waals surface area contributed by atoms with Crippen LogP contribution < -0.4 is 10.1 Å². The van der Waals surface area contributed by atoms with Crippen LogP contribution in [-0.2, 0) is 0 Å². The summed E-state index contributed by atoms with van der Waals surface area (Å²) in [5.41, 5.74) is 5.86. The highest BCUT2D eigenvalue weighted by Crippen LogP contribution is 2.50. The number of ether oxygens (including phenoxy) is 1. The molecule has 6 rings (SSSR count). The fourth-order valence-electron chi connectivity index (χ4n) is 4.43. The van der Waals surface area contributed by atoms with Crippen molar-refractivity contribution in [1.29, 1.82) is 0 Å². The van der Waals surface area contributed by atoms with Gasteiger partial charge in [-0.1, -0.05) is 54.1 Å². The Morgan fingerprint density at radius 3 is 2.65 bits per heavy atom. The summed E-state index contributed by atoms with van der Waals surface area (Å²) in [5.74, 6) is 1.12. The standard InChI is InChI=1S/C25H19FN4O/c1-15-9-11-16(12-10-15)23-21-22(29-25-27-14-28-30(23)25)19-7-2-3-8-20(19)31-24(21)17-5-4-6-18(26)13-17/h2-14,23-24H,1H3,(H,27,28,29)/t23-,24+/m1/s1. The second kappa shape index (κ2) is 6.80. The van der Waals surface area contributed by atoms with Gasteiger partial charge in [-0.15, -0.1) is 0 Å². The molecule has 1 aromatic heterocycles. The maximum atomic E-state index is 14.2. The Balaban J connectivity index is 1.63. The summed E-state index contributed by atoms with van der Waals surface area (Å²) in [6.45, 7) is 2.06. The fraction of sp³-hybridized carbons (Fsp3) is 0.120. The summed E-state index contributed by atoms with van der Waals surface area (Å²) in [5, 5.41) is 7.96. The Hall–Kier alpha value is -3.93. The number of hydrogen-bond donors (Lipinski definition) is 1. The first-order valence-electron chi connectivity index (χ1n) is 10.2. The zero-order valence-electron chi connectivity index (χ0n) is 16.8. The van der Waals surface area contributed by atoms with Crippen LogP contribution in [0.4, 0.5) is 10.3 Å². The number of fused-ring (bicyclic) bond motifs is 3. The smallest absolute Gasteiger partial charge is 0.226 e. The Kier molecular flexibility index (Phi) is 3.93. The van der Waals surface area contributed by atoms with Crippen LogP contribution in [0.1, 0.15) is 34.4 Å². The molecule has 0 bridgehead atoms. The van der Waals surface area contributed by atoms with Crippen molar-refractivity contribution in [2.45, 2.75) is 19.1 Å². The number of nitrogens with zero attached hydrogens (tertiary/aromatic N) is 3. The van der Waals surface area contributed by atoms with E-state index >= 15 is 0 Å². The van der Waals surface area contributed by atoms with Gasteiger partial charge in [0.25, 0.3) is 0 Å². The van der Waals surface area contributed by atoms with Crippen LogP contribution in [0.2, 0.25) is 0 Å². The van der Waals surface area contributed by atoms with Crippen LogP contribution in [0.25, 0.3) is 5.70 Å². The summed E-state index contributed by atoms with van der Waals surface area (Å²) < 4.78 is 22.5. The molecule has 0 spiro atoms. The van der Waals surface area contributed by atoms with Gasteiger partial charge in [-0.3, -0.25) is 0 Å². The number of para-hydroxylation sites is 1. The van der Waals surface area contributed by atoms with Gasteiger partial charge < -0.3 is 10.1 Å². The number of aryl methyl sites for hydroxylation is 1. The number of nitrogens with one attached hydrogen (secondary N) is 1. The molecule has 0 aliphatic carbocycles. The van der Waals surface area contributed by atoms with E-state index in [0.717, 1.165) is 33.7 Å². The van der Waals surface area contributed by atoms with Gasteiger partial charge in [0.15, 0.2) is 0 Å². The van der Waals surface area contributed by atoms with Gasteiger partial charge in [0, 0.05) is 11.1 Å². The number of anilines is 1. The van der Waals surface area contributed by atoms with Crippen LogP contribution in [0.5, 0.6) is 5.75 Å². The number of halogens is 1. The molecular weight excluding hydrogens is 391 g/mol. The molecule has 152 valence electrons. The molecule has 6 heteroatoms. The topological polar surface area (TPSA) is 52.0 Å². The molecule has 1 N–H and O–H groups in total. The minimum atomic E-state index is -0.475. The summed E-state index contributed by atoms with van der Waals surface area (Å²) in [6, 6.07) is 22.6. The van der Waals surface area contributed by atoms with Crippen LogP contribution >= 0.6 is 0 Å². The van der Waals surface area contributed by atoms with Gasteiger partial charge >= 0.3 is 0 Å². The highest BCUT2D eigenvalue weighted by molar-refractivity contribution is 5.85. The first-order chi connectivity index (χ1) is 15.2. The molecule has 0 radical (unpaired) electrons. The van der Waals surface area contributed by atoms with E-state index in [1.807, 2.05) is 35.0 Å². The first kappa shape index (κ1) is 17.9. The number of rotatable bonds is 2. The molecule has 0 amide bonds. The van der Waals surface area contributed by atoms with E-state index in [1.54, 1.807) is 12.4 Å². The predicted octanol–water partition coefficient (Wildman–Crippen LogP) is 5.29. The molecule has 2 aliphatic rings. The average Bonchev–Trinajstić information content (AvgIpc) is 3.26. The number of aromatic nitrogens is 3. The largest absolute Gasteiger partial charge is 0.480 e. The molecule has 31 heavy (non-hydrogen) atoms. The Labute approximate surface area is 178 Å². The van der Waals surface area contributed by atoms with Crippen molar-refractivity contribution in [3.8, 4) is 5.75 Å². The van der Waals surface area contributed by atoms with Crippen molar-refractivity contribution >= 4 is 11.6 Å². The molecule has 2 atom stereocenters. The second-order valence-corrected chi connectivity index (χ2v) is 7.85. The van der Waals surface area contributed by atoms with Gasteiger partial charge in [-0.2, -0.15) is 10.1 Å². The molecule has 4 aromatic rings. The minimum absolute atomic E-state index is 0.240. The molecule has 5 nitrogen and oxygen atoms in total. The highest BCUT2D eigenvalue weighted by atomic mass is 19.1. The summed E-state index contributed by atoms with van der Waals surface area (Å²) >= 11 is 0. The molecule has 0 saturated carbocycles. The van der Waals surface area contributed by atoms with Gasteiger partial charge in [-0.05, 0) is 42.3 Å². The summed E-state index contributed by atoms with van der Waals surface area (Å²) in [4.78, 5) is 4.43. The lowest BCUT2D eigenvalue weighted by atomic mass is 9.84. The monoisotopic (exact) mass is 410 g/mol. The molecule has 3 heterocycles. The lowest BCUT2D eigenvalue weighted by Gasteiger charge is -2.39. The predicted molar refractivity (Wildman–Crippen MR) is 116 cm³/mol. The lowest BCUT2D eigenvalue weighted by Crippen LogP contribution is -2.32. The third-order valence-electron chi connectivity index (χ3n) is 5.87. The van der Waals surface area contributed by atoms with Gasteiger partial charge in [0.1, 0.15) is 30.0 Å². The number of hydrogen-bond acceptors (Lipinski definition) is 4. The zero-order chi connectivity index (χ0) is 20.9. The SMILES string of the molecule is Cc1ccc([C@@H]2C3=C(Nc4ncnn42)c2ccccc2O[C@H]3c2cccc(F)c2)cc1. The Bertz CT molecular complexity index is 1330. The second-order valence-electron chi connectivity index (χ2n) is 7.85. The fourth-order valence-corrected chi connectivity index (χ4v) is 4.43. The van der Waals surface area contributed by atoms with Gasteiger partial charge in [0.2, 0.25) is 5.95 Å². The lowest BCUT2D eigenvalue weighted by molar-refractivity contribution is 0.222. The van der Waals surface area contributed by atoms with Crippen molar-refractivity contribution < 1.29 is 9.13 Å². The van der Waals surface area contributed by atoms with E-state index in [9.17, 15) is 4.39 Å². The van der Waals surface area contributed by atoms with E-state index < -0.39 is 6.10 Å². The maximum Gasteiger partial charge on any atom is 0.226 e. The summed E-state index contributed by atoms with van der Waals surface area (Å²) in [6.07, 6.45) is 1.07. The summed E-state index contributed by atoms with van der Waals surface area (Å²) in [7, 11) is 0. The average molecular weight is 410 g/mol. The molecule has 2 aliphatic heterocycles. The normalized spacial score (nSPS) is 19.0. The van der Waals surface area contributed by atoms with Crippen molar-refractivity contribution in [2.24, 2.45) is 0 Å². The first-order valence-corrected chi connectivity index (χ1v) is 10.2. The third-order valence-corrected chi connectivity index (χ3v) is 5.87. The van der Waals surface area contributed by atoms with Gasteiger partial charge in [0.05, 0.1) is 5.70 Å². The Morgan fingerprint density at radius 1 is 0.968 bits per heavy atom. The quantitative estimate of drug-likeness (QED) is 0.488. The van der Waals surface area contributed by atoms with Crippen molar-refractivity contribution in [1.82, 2.24) is 14.8 Å². The van der Waals surface area contributed by atoms with E-state index in [2.05, 4.69) is 46.6 Å². The van der Waals surface area contributed by atoms with Crippen LogP contribution in [0.15, 0.2) is 84.7 Å². The molecular formula is C25H19FN4O. The van der Waals surface area contributed by atoms with Crippen LogP contribution in [0.3, 0.4) is 0 Å². The third kappa shape index (κ3) is 2.83. The Morgan fingerprint density at radius 2 is 1.81 bits per heavy atom. The zero-order valence-corrected chi connectivity index (χ0v) is 16.8. The maximum absolute atomic E-state index is 14.2. The van der Waals surface area contributed by atoms with E-state index in [-0.39, 0.29) is 11.9 Å². The molecule has 0 saturated heterocycles. The van der Waals surface area contributed by atoms with Crippen LogP contribution in [-0.4, -0.2) is 14.8 Å². The number of benzene rings is 3. The van der Waals surface area contributed by atoms with Crippen molar-refractivity contribution in [3.05, 3.63) is 113 Å². The van der Waals surface area contributed by atoms with E-state index in [0.29, 0.717) is 5.95 Å². The molecule has 0 fully saturated rings. The minimum Gasteiger partial charge on any atom is -0.480 e.